The van der Waals surface area contributed by atoms with Gasteiger partial charge in [0.15, 0.2) is 0 Å². The maximum Gasteiger partial charge on any atom is 0.325 e. The summed E-state index contributed by atoms with van der Waals surface area (Å²) in [6.45, 7) is 2.89. The van der Waals surface area contributed by atoms with Gasteiger partial charge in [0, 0.05) is 24.2 Å². The Morgan fingerprint density at radius 1 is 1.10 bits per heavy atom. The number of aryl methyl sites for hydroxylation is 1. The number of rotatable bonds is 5. The molecule has 0 bridgehead atoms. The van der Waals surface area contributed by atoms with Gasteiger partial charge in [-0.2, -0.15) is 0 Å². The predicted octanol–water partition coefficient (Wildman–Crippen LogP) is 3.43. The van der Waals surface area contributed by atoms with Crippen LogP contribution in [0.3, 0.4) is 0 Å². The van der Waals surface area contributed by atoms with Crippen LogP contribution in [0.5, 0.6) is 5.75 Å². The van der Waals surface area contributed by atoms with Crippen molar-refractivity contribution in [2.24, 2.45) is 0 Å². The van der Waals surface area contributed by atoms with Crippen molar-refractivity contribution in [1.29, 1.82) is 0 Å². The maximum absolute atomic E-state index is 12.8. The summed E-state index contributed by atoms with van der Waals surface area (Å²) in [5.74, 6) is 0.388. The zero-order chi connectivity index (χ0) is 20.4. The summed E-state index contributed by atoms with van der Waals surface area (Å²) in [5.41, 5.74) is 3.13. The number of para-hydroxylation sites is 2. The molecule has 0 unspecified atom stereocenters. The minimum absolute atomic E-state index is 0.0137. The van der Waals surface area contributed by atoms with Gasteiger partial charge in [-0.1, -0.05) is 18.2 Å². The van der Waals surface area contributed by atoms with Gasteiger partial charge in [-0.25, -0.2) is 4.79 Å². The number of anilines is 2. The molecular weight excluding hydrogens is 368 g/mol. The number of hydrogen-bond donors (Lipinski definition) is 1. The summed E-state index contributed by atoms with van der Waals surface area (Å²) >= 11 is 0. The SMILES string of the molecule is COc1ccccc1N1CCN(CC(=O)Nc2cccc3nc(C)ccc23)C1=O. The highest BCUT2D eigenvalue weighted by atomic mass is 16.5. The molecule has 1 aliphatic rings. The maximum atomic E-state index is 12.8. The first kappa shape index (κ1) is 18.7. The number of pyridine rings is 1. The topological polar surface area (TPSA) is 74.8 Å². The van der Waals surface area contributed by atoms with Gasteiger partial charge in [0.05, 0.1) is 24.0 Å². The van der Waals surface area contributed by atoms with Crippen molar-refractivity contribution in [3.8, 4) is 5.75 Å². The first-order valence-corrected chi connectivity index (χ1v) is 9.42. The van der Waals surface area contributed by atoms with E-state index in [0.29, 0.717) is 30.2 Å². The summed E-state index contributed by atoms with van der Waals surface area (Å²) in [6.07, 6.45) is 0. The lowest BCUT2D eigenvalue weighted by atomic mass is 10.1. The molecule has 29 heavy (non-hydrogen) atoms. The molecule has 0 atom stereocenters. The monoisotopic (exact) mass is 390 g/mol. The van der Waals surface area contributed by atoms with Crippen molar-refractivity contribution in [2.75, 3.05) is 37.0 Å². The van der Waals surface area contributed by atoms with Gasteiger partial charge in [-0.3, -0.25) is 14.7 Å². The third-order valence-electron chi connectivity index (χ3n) is 4.95. The highest BCUT2D eigenvalue weighted by Crippen LogP contribution is 2.30. The average molecular weight is 390 g/mol. The van der Waals surface area contributed by atoms with Crippen molar-refractivity contribution in [3.63, 3.8) is 0 Å². The quantitative estimate of drug-likeness (QED) is 0.724. The number of carbonyl (C=O) groups is 2. The molecule has 0 spiro atoms. The molecule has 1 N–H and O–H groups in total. The highest BCUT2D eigenvalue weighted by Gasteiger charge is 2.32. The van der Waals surface area contributed by atoms with Crippen molar-refractivity contribution in [3.05, 3.63) is 60.3 Å². The molecule has 2 heterocycles. The lowest BCUT2D eigenvalue weighted by Crippen LogP contribution is -2.37. The van der Waals surface area contributed by atoms with Crippen LogP contribution < -0.4 is 15.0 Å². The van der Waals surface area contributed by atoms with Crippen LogP contribution in [0.2, 0.25) is 0 Å². The zero-order valence-electron chi connectivity index (χ0n) is 16.4. The molecule has 3 aromatic rings. The Hall–Kier alpha value is -3.61. The van der Waals surface area contributed by atoms with E-state index in [4.69, 9.17) is 4.74 Å². The molecule has 0 radical (unpaired) electrons. The minimum Gasteiger partial charge on any atom is -0.495 e. The third kappa shape index (κ3) is 3.71. The van der Waals surface area contributed by atoms with E-state index in [9.17, 15) is 9.59 Å². The largest absolute Gasteiger partial charge is 0.495 e. The molecule has 2 aromatic carbocycles. The fraction of sp³-hybridized carbons (Fsp3) is 0.227. The van der Waals surface area contributed by atoms with Crippen LogP contribution in [-0.2, 0) is 4.79 Å². The molecular formula is C22H22N4O3. The second kappa shape index (κ2) is 7.79. The van der Waals surface area contributed by atoms with Gasteiger partial charge in [0.1, 0.15) is 12.3 Å². The van der Waals surface area contributed by atoms with Crippen LogP contribution >= 0.6 is 0 Å². The smallest absolute Gasteiger partial charge is 0.325 e. The average Bonchev–Trinajstić information content (AvgIpc) is 3.07. The summed E-state index contributed by atoms with van der Waals surface area (Å²) in [6, 6.07) is 16.6. The molecule has 1 aromatic heterocycles. The number of nitrogens with one attached hydrogen (secondary N) is 1. The van der Waals surface area contributed by atoms with E-state index in [1.807, 2.05) is 61.5 Å². The fourth-order valence-electron chi connectivity index (χ4n) is 3.53. The standard InChI is InChI=1S/C22H22N4O3/c1-15-10-11-16-17(23-15)6-5-7-18(16)24-21(27)14-25-12-13-26(22(25)28)19-8-3-4-9-20(19)29-2/h3-11H,12-14H2,1-2H3,(H,24,27). The number of amides is 3. The molecule has 0 saturated carbocycles. The van der Waals surface area contributed by atoms with Crippen LogP contribution in [0.1, 0.15) is 5.69 Å². The Morgan fingerprint density at radius 3 is 2.76 bits per heavy atom. The van der Waals surface area contributed by atoms with Gasteiger partial charge < -0.3 is 15.0 Å². The van der Waals surface area contributed by atoms with Crippen molar-refractivity contribution in [1.82, 2.24) is 9.88 Å². The van der Waals surface area contributed by atoms with Crippen LogP contribution in [0.15, 0.2) is 54.6 Å². The molecule has 7 heteroatoms. The third-order valence-corrected chi connectivity index (χ3v) is 4.95. The van der Waals surface area contributed by atoms with Gasteiger partial charge in [0.2, 0.25) is 5.91 Å². The highest BCUT2D eigenvalue weighted by molar-refractivity contribution is 6.04. The number of carbonyl (C=O) groups excluding carboxylic acids is 2. The second-order valence-electron chi connectivity index (χ2n) is 6.90. The molecule has 148 valence electrons. The van der Waals surface area contributed by atoms with Crippen LogP contribution in [0.4, 0.5) is 16.2 Å². The van der Waals surface area contributed by atoms with Gasteiger partial charge in [0.25, 0.3) is 0 Å². The van der Waals surface area contributed by atoms with E-state index in [-0.39, 0.29) is 18.5 Å². The number of aromatic nitrogens is 1. The summed E-state index contributed by atoms with van der Waals surface area (Å²) in [4.78, 5) is 33.1. The van der Waals surface area contributed by atoms with Crippen LogP contribution in [0, 0.1) is 6.92 Å². The fourth-order valence-corrected chi connectivity index (χ4v) is 3.53. The first-order chi connectivity index (χ1) is 14.1. The van der Waals surface area contributed by atoms with Crippen molar-refractivity contribution in [2.45, 2.75) is 6.92 Å². The Labute approximate surface area is 168 Å². The molecule has 4 rings (SSSR count). The Kier molecular flexibility index (Phi) is 5.03. The molecule has 1 fully saturated rings. The lowest BCUT2D eigenvalue weighted by Gasteiger charge is -2.20. The number of nitrogens with zero attached hydrogens (tertiary/aromatic N) is 3. The van der Waals surface area contributed by atoms with E-state index < -0.39 is 0 Å². The van der Waals surface area contributed by atoms with Crippen molar-refractivity contribution < 1.29 is 14.3 Å². The molecule has 7 nitrogen and oxygen atoms in total. The number of methoxy groups -OCH3 is 1. The first-order valence-electron chi connectivity index (χ1n) is 9.42. The molecule has 1 aliphatic heterocycles. The summed E-state index contributed by atoms with van der Waals surface area (Å²) in [7, 11) is 1.57. The summed E-state index contributed by atoms with van der Waals surface area (Å²) < 4.78 is 5.35. The zero-order valence-corrected chi connectivity index (χ0v) is 16.4. The van der Waals surface area contributed by atoms with E-state index in [1.54, 1.807) is 12.0 Å². The number of benzene rings is 2. The molecule has 0 aliphatic carbocycles. The van der Waals surface area contributed by atoms with E-state index in [2.05, 4.69) is 10.3 Å². The Bertz CT molecular complexity index is 1080. The molecule has 3 amide bonds. The van der Waals surface area contributed by atoms with Gasteiger partial charge in [-0.05, 0) is 43.3 Å². The van der Waals surface area contributed by atoms with Crippen molar-refractivity contribution >= 4 is 34.2 Å². The minimum atomic E-state index is -0.242. The lowest BCUT2D eigenvalue weighted by molar-refractivity contribution is -0.116. The van der Waals surface area contributed by atoms with Gasteiger partial charge in [-0.15, -0.1) is 0 Å². The predicted molar refractivity (Wildman–Crippen MR) is 112 cm³/mol. The number of ether oxygens (including phenoxy) is 1. The Balaban J connectivity index is 1.46. The van der Waals surface area contributed by atoms with Crippen LogP contribution in [0.25, 0.3) is 10.9 Å². The Morgan fingerprint density at radius 2 is 1.93 bits per heavy atom. The molecule has 1 saturated heterocycles. The van der Waals surface area contributed by atoms with E-state index in [1.165, 1.54) is 4.90 Å². The number of urea groups is 1. The van der Waals surface area contributed by atoms with Crippen LogP contribution in [-0.4, -0.2) is 48.6 Å². The second-order valence-corrected chi connectivity index (χ2v) is 6.90. The summed E-state index contributed by atoms with van der Waals surface area (Å²) in [5, 5.41) is 3.78. The van der Waals surface area contributed by atoms with E-state index in [0.717, 1.165) is 16.6 Å². The van der Waals surface area contributed by atoms with Gasteiger partial charge >= 0.3 is 6.03 Å². The normalized spacial score (nSPS) is 13.8. The van der Waals surface area contributed by atoms with E-state index >= 15 is 0 Å². The number of hydrogen-bond acceptors (Lipinski definition) is 4. The number of fused-ring (bicyclic) bond motifs is 1.